The SMILES string of the molecule is Cc1ccc2c(N=Nc3ccccc3O)ccc(O)c2n1. The number of para-hydroxylation sites is 1. The van der Waals surface area contributed by atoms with E-state index < -0.39 is 0 Å². The number of fused-ring (bicyclic) bond motifs is 1. The van der Waals surface area contributed by atoms with Crippen molar-refractivity contribution in [2.75, 3.05) is 0 Å². The topological polar surface area (TPSA) is 78.1 Å². The summed E-state index contributed by atoms with van der Waals surface area (Å²) in [5.74, 6) is 0.175. The van der Waals surface area contributed by atoms with Crippen LogP contribution in [0.15, 0.2) is 58.8 Å². The molecule has 0 radical (unpaired) electrons. The van der Waals surface area contributed by atoms with Gasteiger partial charge in [-0.15, -0.1) is 10.2 Å². The molecule has 3 aromatic rings. The minimum atomic E-state index is 0.0679. The molecule has 0 amide bonds. The molecule has 0 aliphatic carbocycles. The monoisotopic (exact) mass is 279 g/mol. The highest BCUT2D eigenvalue weighted by atomic mass is 16.3. The molecule has 5 nitrogen and oxygen atoms in total. The number of hydrogen-bond donors (Lipinski definition) is 2. The molecular formula is C16H13N3O2. The summed E-state index contributed by atoms with van der Waals surface area (Å²) in [6, 6.07) is 13.6. The van der Waals surface area contributed by atoms with Gasteiger partial charge in [-0.1, -0.05) is 12.1 Å². The van der Waals surface area contributed by atoms with Gasteiger partial charge in [-0.2, -0.15) is 0 Å². The molecule has 1 heterocycles. The lowest BCUT2D eigenvalue weighted by Crippen LogP contribution is -1.84. The predicted molar refractivity (Wildman–Crippen MR) is 80.4 cm³/mol. The zero-order chi connectivity index (χ0) is 14.8. The number of phenolic OH excluding ortho intramolecular Hbond substituents is 2. The van der Waals surface area contributed by atoms with E-state index in [2.05, 4.69) is 15.2 Å². The molecule has 1 aromatic heterocycles. The van der Waals surface area contributed by atoms with E-state index in [4.69, 9.17) is 0 Å². The maximum atomic E-state index is 9.87. The normalized spacial score (nSPS) is 11.3. The molecule has 0 bridgehead atoms. The molecule has 21 heavy (non-hydrogen) atoms. The summed E-state index contributed by atoms with van der Waals surface area (Å²) in [5, 5.41) is 28.5. The number of aromatic nitrogens is 1. The van der Waals surface area contributed by atoms with Crippen molar-refractivity contribution >= 4 is 22.3 Å². The predicted octanol–water partition coefficient (Wildman–Crippen LogP) is 4.37. The molecular weight excluding hydrogens is 266 g/mol. The number of benzene rings is 2. The first-order chi connectivity index (χ1) is 10.1. The second-order valence-electron chi connectivity index (χ2n) is 4.64. The van der Waals surface area contributed by atoms with E-state index in [-0.39, 0.29) is 11.5 Å². The number of hydrogen-bond acceptors (Lipinski definition) is 5. The molecule has 0 atom stereocenters. The lowest BCUT2D eigenvalue weighted by Gasteiger charge is -2.04. The molecule has 0 unspecified atom stereocenters. The van der Waals surface area contributed by atoms with Crippen LogP contribution in [0.1, 0.15) is 5.69 Å². The van der Waals surface area contributed by atoms with E-state index >= 15 is 0 Å². The Morgan fingerprint density at radius 1 is 0.810 bits per heavy atom. The number of aryl methyl sites for hydroxylation is 1. The van der Waals surface area contributed by atoms with Crippen LogP contribution in [0.4, 0.5) is 11.4 Å². The molecule has 0 aliphatic rings. The maximum Gasteiger partial charge on any atom is 0.143 e. The fourth-order valence-corrected chi connectivity index (χ4v) is 2.03. The zero-order valence-electron chi connectivity index (χ0n) is 11.4. The van der Waals surface area contributed by atoms with E-state index in [1.54, 1.807) is 30.3 Å². The lowest BCUT2D eigenvalue weighted by molar-refractivity contribution is 0.476. The average molecular weight is 279 g/mol. The van der Waals surface area contributed by atoms with Gasteiger partial charge in [0.15, 0.2) is 0 Å². The van der Waals surface area contributed by atoms with Crippen LogP contribution in [0.3, 0.4) is 0 Å². The highest BCUT2D eigenvalue weighted by Gasteiger charge is 2.07. The molecule has 2 N–H and O–H groups in total. The molecule has 0 aliphatic heterocycles. The number of azo groups is 1. The summed E-state index contributed by atoms with van der Waals surface area (Å²) in [6.45, 7) is 1.86. The molecule has 3 rings (SSSR count). The number of nitrogens with zero attached hydrogens (tertiary/aromatic N) is 3. The first-order valence-electron chi connectivity index (χ1n) is 6.44. The summed E-state index contributed by atoms with van der Waals surface area (Å²) >= 11 is 0. The van der Waals surface area contributed by atoms with Crippen LogP contribution in [0.2, 0.25) is 0 Å². The van der Waals surface area contributed by atoms with E-state index in [0.29, 0.717) is 22.3 Å². The Morgan fingerprint density at radius 3 is 2.38 bits per heavy atom. The van der Waals surface area contributed by atoms with Gasteiger partial charge in [0.1, 0.15) is 22.7 Å². The summed E-state index contributed by atoms with van der Waals surface area (Å²) in [6.07, 6.45) is 0. The number of phenols is 2. The minimum absolute atomic E-state index is 0.0679. The Hall–Kier alpha value is -2.95. The third kappa shape index (κ3) is 2.53. The highest BCUT2D eigenvalue weighted by molar-refractivity contribution is 5.93. The average Bonchev–Trinajstić information content (AvgIpc) is 2.48. The Morgan fingerprint density at radius 2 is 1.57 bits per heavy atom. The number of pyridine rings is 1. The van der Waals surface area contributed by atoms with Gasteiger partial charge in [-0.25, -0.2) is 4.98 Å². The van der Waals surface area contributed by atoms with Crippen LogP contribution >= 0.6 is 0 Å². The second kappa shape index (κ2) is 5.20. The standard InChI is InChI=1S/C16H13N3O2/c1-10-6-7-11-12(8-9-15(21)16(11)17-10)18-19-13-4-2-3-5-14(13)20/h2-9,20-21H,1H3. The first-order valence-corrected chi connectivity index (χ1v) is 6.44. The van der Waals surface area contributed by atoms with Crippen molar-refractivity contribution in [3.63, 3.8) is 0 Å². The smallest absolute Gasteiger partial charge is 0.143 e. The van der Waals surface area contributed by atoms with Crippen LogP contribution in [0, 0.1) is 6.92 Å². The fourth-order valence-electron chi connectivity index (χ4n) is 2.03. The van der Waals surface area contributed by atoms with Crippen LogP contribution in [-0.2, 0) is 0 Å². The summed E-state index contributed by atoms with van der Waals surface area (Å²) in [4.78, 5) is 4.31. The molecule has 0 fully saturated rings. The van der Waals surface area contributed by atoms with Crippen molar-refractivity contribution in [1.29, 1.82) is 0 Å². The van der Waals surface area contributed by atoms with E-state index in [0.717, 1.165) is 5.69 Å². The van der Waals surface area contributed by atoms with Gasteiger partial charge in [0.2, 0.25) is 0 Å². The van der Waals surface area contributed by atoms with Crippen molar-refractivity contribution in [3.05, 3.63) is 54.2 Å². The van der Waals surface area contributed by atoms with Gasteiger partial charge in [0.05, 0.1) is 5.69 Å². The Balaban J connectivity index is 2.10. The Bertz CT molecular complexity index is 844. The van der Waals surface area contributed by atoms with E-state index in [1.165, 1.54) is 6.07 Å². The summed E-state index contributed by atoms with van der Waals surface area (Å²) in [7, 11) is 0. The van der Waals surface area contributed by atoms with Crippen LogP contribution < -0.4 is 0 Å². The Labute approximate surface area is 121 Å². The van der Waals surface area contributed by atoms with Gasteiger partial charge >= 0.3 is 0 Å². The fraction of sp³-hybridized carbons (Fsp3) is 0.0625. The van der Waals surface area contributed by atoms with Gasteiger partial charge < -0.3 is 10.2 Å². The van der Waals surface area contributed by atoms with Gasteiger partial charge in [0, 0.05) is 11.1 Å². The first kappa shape index (κ1) is 13.1. The largest absolute Gasteiger partial charge is 0.506 e. The Kier molecular flexibility index (Phi) is 3.23. The minimum Gasteiger partial charge on any atom is -0.506 e. The van der Waals surface area contributed by atoms with Crippen molar-refractivity contribution in [2.45, 2.75) is 6.92 Å². The summed E-state index contributed by atoms with van der Waals surface area (Å²) in [5.41, 5.74) is 2.27. The maximum absolute atomic E-state index is 9.87. The van der Waals surface area contributed by atoms with Crippen LogP contribution in [0.5, 0.6) is 11.5 Å². The molecule has 5 heteroatoms. The third-order valence-electron chi connectivity index (χ3n) is 3.10. The van der Waals surface area contributed by atoms with Crippen LogP contribution in [-0.4, -0.2) is 15.2 Å². The quantitative estimate of drug-likeness (QED) is 0.684. The van der Waals surface area contributed by atoms with Gasteiger partial charge in [-0.3, -0.25) is 0 Å². The highest BCUT2D eigenvalue weighted by Crippen LogP contribution is 2.33. The van der Waals surface area contributed by atoms with Crippen molar-refractivity contribution in [3.8, 4) is 11.5 Å². The van der Waals surface area contributed by atoms with Crippen molar-refractivity contribution < 1.29 is 10.2 Å². The molecule has 104 valence electrons. The van der Waals surface area contributed by atoms with Crippen LogP contribution in [0.25, 0.3) is 10.9 Å². The van der Waals surface area contributed by atoms with E-state index in [1.807, 2.05) is 19.1 Å². The molecule has 2 aromatic carbocycles. The molecule has 0 saturated carbocycles. The van der Waals surface area contributed by atoms with Crippen molar-refractivity contribution in [2.24, 2.45) is 10.2 Å². The van der Waals surface area contributed by atoms with Crippen molar-refractivity contribution in [1.82, 2.24) is 4.98 Å². The van der Waals surface area contributed by atoms with Gasteiger partial charge in [0.25, 0.3) is 0 Å². The number of rotatable bonds is 2. The number of aromatic hydroxyl groups is 2. The zero-order valence-corrected chi connectivity index (χ0v) is 11.4. The lowest BCUT2D eigenvalue weighted by atomic mass is 10.1. The second-order valence-corrected chi connectivity index (χ2v) is 4.64. The molecule has 0 spiro atoms. The van der Waals surface area contributed by atoms with E-state index in [9.17, 15) is 10.2 Å². The third-order valence-corrected chi connectivity index (χ3v) is 3.10. The van der Waals surface area contributed by atoms with Gasteiger partial charge in [-0.05, 0) is 43.3 Å². The molecule has 0 saturated heterocycles. The summed E-state index contributed by atoms with van der Waals surface area (Å²) < 4.78 is 0.